The number of rotatable bonds is 7. The van der Waals surface area contributed by atoms with Gasteiger partial charge in [-0.2, -0.15) is 0 Å². The van der Waals surface area contributed by atoms with Gasteiger partial charge in [-0.1, -0.05) is 30.3 Å². The fourth-order valence-electron chi connectivity index (χ4n) is 2.50. The zero-order valence-electron chi connectivity index (χ0n) is 15.1. The second-order valence-electron chi connectivity index (χ2n) is 5.57. The SMILES string of the molecule is CCOC(=O)C1=CC(=O)OCC1(C(=O)OCC)C(=O)OCc1ccccc1. The highest BCUT2D eigenvalue weighted by Gasteiger charge is 2.58. The summed E-state index contributed by atoms with van der Waals surface area (Å²) in [6.07, 6.45) is 0.766. The predicted molar refractivity (Wildman–Crippen MR) is 91.0 cm³/mol. The van der Waals surface area contributed by atoms with Crippen molar-refractivity contribution in [1.29, 1.82) is 0 Å². The Kier molecular flexibility index (Phi) is 6.70. The van der Waals surface area contributed by atoms with Gasteiger partial charge in [-0.05, 0) is 19.4 Å². The Hall–Kier alpha value is -3.16. The molecule has 0 radical (unpaired) electrons. The maximum absolute atomic E-state index is 12.9. The van der Waals surface area contributed by atoms with Gasteiger partial charge in [-0.3, -0.25) is 9.59 Å². The molecule has 27 heavy (non-hydrogen) atoms. The lowest BCUT2D eigenvalue weighted by Gasteiger charge is -2.32. The third kappa shape index (κ3) is 4.33. The van der Waals surface area contributed by atoms with Gasteiger partial charge in [0.25, 0.3) is 0 Å². The van der Waals surface area contributed by atoms with Crippen molar-refractivity contribution in [3.63, 3.8) is 0 Å². The first-order valence-electron chi connectivity index (χ1n) is 8.40. The lowest BCUT2D eigenvalue weighted by Crippen LogP contribution is -2.51. The lowest BCUT2D eigenvalue weighted by atomic mass is 9.79. The number of carbonyl (C=O) groups is 4. The second-order valence-corrected chi connectivity index (χ2v) is 5.57. The molecule has 1 heterocycles. The summed E-state index contributed by atoms with van der Waals surface area (Å²) in [6, 6.07) is 8.78. The van der Waals surface area contributed by atoms with E-state index in [2.05, 4.69) is 0 Å². The monoisotopic (exact) mass is 376 g/mol. The zero-order chi connectivity index (χ0) is 19.9. The van der Waals surface area contributed by atoms with Gasteiger partial charge in [0.2, 0.25) is 5.41 Å². The molecule has 0 spiro atoms. The average Bonchev–Trinajstić information content (AvgIpc) is 2.67. The van der Waals surface area contributed by atoms with Gasteiger partial charge in [0.15, 0.2) is 0 Å². The highest BCUT2D eigenvalue weighted by atomic mass is 16.6. The molecule has 0 amide bonds. The van der Waals surface area contributed by atoms with Crippen LogP contribution in [0.2, 0.25) is 0 Å². The first-order chi connectivity index (χ1) is 13.0. The van der Waals surface area contributed by atoms with Crippen molar-refractivity contribution < 1.29 is 38.1 Å². The van der Waals surface area contributed by atoms with E-state index >= 15 is 0 Å². The smallest absolute Gasteiger partial charge is 0.336 e. The summed E-state index contributed by atoms with van der Waals surface area (Å²) >= 11 is 0. The van der Waals surface area contributed by atoms with E-state index in [1.807, 2.05) is 0 Å². The fraction of sp³-hybridized carbons (Fsp3) is 0.368. The number of benzene rings is 1. The number of carbonyl (C=O) groups excluding carboxylic acids is 4. The van der Waals surface area contributed by atoms with Crippen molar-refractivity contribution in [1.82, 2.24) is 0 Å². The van der Waals surface area contributed by atoms with Gasteiger partial charge in [-0.15, -0.1) is 0 Å². The summed E-state index contributed by atoms with van der Waals surface area (Å²) in [4.78, 5) is 49.5. The van der Waals surface area contributed by atoms with Gasteiger partial charge in [0.1, 0.15) is 13.2 Å². The maximum Gasteiger partial charge on any atom is 0.336 e. The molecule has 8 heteroatoms. The first kappa shape index (κ1) is 20.2. The molecule has 1 aromatic carbocycles. The summed E-state index contributed by atoms with van der Waals surface area (Å²) < 4.78 is 20.0. The fourth-order valence-corrected chi connectivity index (χ4v) is 2.50. The Morgan fingerprint density at radius 3 is 2.26 bits per heavy atom. The highest BCUT2D eigenvalue weighted by molar-refractivity contribution is 6.15. The Bertz CT molecular complexity index is 752. The molecule has 1 unspecified atom stereocenters. The van der Waals surface area contributed by atoms with Gasteiger partial charge < -0.3 is 18.9 Å². The number of ether oxygens (including phenoxy) is 4. The maximum atomic E-state index is 12.9. The van der Waals surface area contributed by atoms with Crippen LogP contribution in [0.15, 0.2) is 42.0 Å². The van der Waals surface area contributed by atoms with E-state index in [1.165, 1.54) is 0 Å². The molecule has 1 aliphatic rings. The van der Waals surface area contributed by atoms with Crippen molar-refractivity contribution in [2.24, 2.45) is 5.41 Å². The minimum atomic E-state index is -2.23. The first-order valence-corrected chi connectivity index (χ1v) is 8.40. The minimum absolute atomic E-state index is 0.0107. The Labute approximate surface area is 156 Å². The molecule has 8 nitrogen and oxygen atoms in total. The molecule has 0 bridgehead atoms. The third-order valence-electron chi connectivity index (χ3n) is 3.83. The molecule has 0 aliphatic carbocycles. The summed E-state index contributed by atoms with van der Waals surface area (Å²) in [7, 11) is 0. The van der Waals surface area contributed by atoms with Crippen LogP contribution in [0.4, 0.5) is 0 Å². The molecule has 2 rings (SSSR count). The predicted octanol–water partition coefficient (Wildman–Crippen LogP) is 1.33. The summed E-state index contributed by atoms with van der Waals surface area (Å²) in [5, 5.41) is 0. The van der Waals surface area contributed by atoms with Crippen molar-refractivity contribution in [2.75, 3.05) is 19.8 Å². The molecule has 1 aromatic rings. The Morgan fingerprint density at radius 1 is 1.00 bits per heavy atom. The van der Waals surface area contributed by atoms with Gasteiger partial charge in [-0.25, -0.2) is 9.59 Å². The normalized spacial score (nSPS) is 18.7. The van der Waals surface area contributed by atoms with Crippen LogP contribution in [0.3, 0.4) is 0 Å². The number of hydrogen-bond donors (Lipinski definition) is 0. The van der Waals surface area contributed by atoms with E-state index in [-0.39, 0.29) is 19.8 Å². The van der Waals surface area contributed by atoms with Gasteiger partial charge in [0, 0.05) is 6.08 Å². The van der Waals surface area contributed by atoms with E-state index < -0.39 is 41.5 Å². The zero-order valence-corrected chi connectivity index (χ0v) is 15.1. The Morgan fingerprint density at radius 2 is 1.63 bits per heavy atom. The van der Waals surface area contributed by atoms with E-state index in [0.717, 1.165) is 6.08 Å². The molecular weight excluding hydrogens is 356 g/mol. The molecular formula is C19H20O8. The molecule has 0 saturated heterocycles. The average molecular weight is 376 g/mol. The van der Waals surface area contributed by atoms with Crippen LogP contribution in [-0.2, 0) is 44.7 Å². The largest absolute Gasteiger partial charge is 0.465 e. The topological polar surface area (TPSA) is 105 Å². The molecule has 1 aliphatic heterocycles. The van der Waals surface area contributed by atoms with Crippen molar-refractivity contribution in [3.05, 3.63) is 47.5 Å². The van der Waals surface area contributed by atoms with Crippen LogP contribution in [0.5, 0.6) is 0 Å². The van der Waals surface area contributed by atoms with Crippen LogP contribution in [0.25, 0.3) is 0 Å². The number of esters is 4. The van der Waals surface area contributed by atoms with Crippen LogP contribution >= 0.6 is 0 Å². The van der Waals surface area contributed by atoms with Gasteiger partial charge >= 0.3 is 23.9 Å². The highest BCUT2D eigenvalue weighted by Crippen LogP contribution is 2.36. The molecule has 0 saturated carbocycles. The summed E-state index contributed by atoms with van der Waals surface area (Å²) in [5.74, 6) is -3.96. The quantitative estimate of drug-likeness (QED) is 0.399. The molecule has 0 fully saturated rings. The van der Waals surface area contributed by atoms with Crippen LogP contribution < -0.4 is 0 Å². The van der Waals surface area contributed by atoms with E-state index in [4.69, 9.17) is 18.9 Å². The van der Waals surface area contributed by atoms with Crippen LogP contribution in [0.1, 0.15) is 19.4 Å². The van der Waals surface area contributed by atoms with Crippen LogP contribution in [0, 0.1) is 5.41 Å². The molecule has 144 valence electrons. The van der Waals surface area contributed by atoms with Crippen LogP contribution in [-0.4, -0.2) is 43.7 Å². The molecule has 1 atom stereocenters. The van der Waals surface area contributed by atoms with E-state index in [1.54, 1.807) is 44.2 Å². The standard InChI is InChI=1S/C19H20O8/c1-3-24-16(21)14-10-15(20)27-12-19(14,17(22)25-4-2)18(23)26-11-13-8-6-5-7-9-13/h5-10H,3-4,11-12H2,1-2H3. The Balaban J connectivity index is 2.39. The molecule has 0 aromatic heterocycles. The van der Waals surface area contributed by atoms with Gasteiger partial charge in [0.05, 0.1) is 18.8 Å². The van der Waals surface area contributed by atoms with E-state index in [0.29, 0.717) is 5.56 Å². The lowest BCUT2D eigenvalue weighted by molar-refractivity contribution is -0.179. The van der Waals surface area contributed by atoms with Crippen molar-refractivity contribution in [2.45, 2.75) is 20.5 Å². The van der Waals surface area contributed by atoms with Crippen molar-refractivity contribution in [3.8, 4) is 0 Å². The van der Waals surface area contributed by atoms with E-state index in [9.17, 15) is 19.2 Å². The summed E-state index contributed by atoms with van der Waals surface area (Å²) in [6.45, 7) is 2.20. The number of cyclic esters (lactones) is 1. The third-order valence-corrected chi connectivity index (χ3v) is 3.83. The molecule has 0 N–H and O–H groups in total. The number of hydrogen-bond acceptors (Lipinski definition) is 8. The van der Waals surface area contributed by atoms with Crippen molar-refractivity contribution >= 4 is 23.9 Å². The minimum Gasteiger partial charge on any atom is -0.465 e. The second kappa shape index (κ2) is 8.98. The summed E-state index contributed by atoms with van der Waals surface area (Å²) in [5.41, 5.74) is -2.01.